The summed E-state index contributed by atoms with van der Waals surface area (Å²) in [6, 6.07) is 8.43. The number of Topliss-reactive ketones (excluding diaryl/α,β-unsaturated/α-hetero) is 1. The topological polar surface area (TPSA) is 55.1 Å². The standard InChI is InChI=1S/C23H26N2O2/c1-21-7-15-8-22(11-21,13-23(27,9-15)12-21)20(26)6-18-16-4-2-3-5-17(16)19-10-24-14-25(18)19/h2-5,10,14-15,18,27H,6-9,11-13H2,1H3. The van der Waals surface area contributed by atoms with Gasteiger partial charge >= 0.3 is 0 Å². The van der Waals surface area contributed by atoms with Crippen LogP contribution in [0.4, 0.5) is 0 Å². The van der Waals surface area contributed by atoms with Crippen LogP contribution < -0.4 is 0 Å². The molecular weight excluding hydrogens is 336 g/mol. The molecule has 1 N–H and O–H groups in total. The van der Waals surface area contributed by atoms with E-state index in [9.17, 15) is 9.90 Å². The molecule has 4 bridgehead atoms. The minimum atomic E-state index is -0.614. The lowest BCUT2D eigenvalue weighted by Crippen LogP contribution is -2.61. The van der Waals surface area contributed by atoms with Crippen molar-refractivity contribution in [2.24, 2.45) is 16.7 Å². The number of aliphatic hydroxyl groups is 1. The van der Waals surface area contributed by atoms with E-state index in [1.54, 1.807) is 0 Å². The number of hydrogen-bond acceptors (Lipinski definition) is 3. The Morgan fingerprint density at radius 2 is 2.07 bits per heavy atom. The highest BCUT2D eigenvalue weighted by molar-refractivity contribution is 5.87. The van der Waals surface area contributed by atoms with Crippen LogP contribution in [0.3, 0.4) is 0 Å². The first-order valence-electron chi connectivity index (χ1n) is 10.3. The molecule has 2 heterocycles. The molecule has 27 heavy (non-hydrogen) atoms. The van der Waals surface area contributed by atoms with Gasteiger partial charge in [0.15, 0.2) is 0 Å². The molecule has 4 fully saturated rings. The Morgan fingerprint density at radius 3 is 2.89 bits per heavy atom. The number of imidazole rings is 1. The Bertz CT molecular complexity index is 943. The molecule has 0 amide bonds. The van der Waals surface area contributed by atoms with Crippen molar-refractivity contribution in [1.29, 1.82) is 0 Å². The van der Waals surface area contributed by atoms with E-state index < -0.39 is 5.60 Å². The zero-order valence-corrected chi connectivity index (χ0v) is 15.8. The second-order valence-electron chi connectivity index (χ2n) is 10.2. The minimum absolute atomic E-state index is 0.0432. The van der Waals surface area contributed by atoms with Gasteiger partial charge in [0.2, 0.25) is 0 Å². The predicted octanol–water partition coefficient (Wildman–Crippen LogP) is 4.13. The van der Waals surface area contributed by atoms with E-state index in [0.717, 1.165) is 31.4 Å². The Morgan fingerprint density at radius 1 is 1.22 bits per heavy atom. The average Bonchev–Trinajstić information content (AvgIpc) is 3.14. The molecule has 2 aromatic rings. The summed E-state index contributed by atoms with van der Waals surface area (Å²) < 4.78 is 2.17. The van der Waals surface area contributed by atoms with Crippen LogP contribution in [-0.2, 0) is 4.79 Å². The second-order valence-corrected chi connectivity index (χ2v) is 10.2. The Kier molecular flexibility index (Phi) is 2.92. The maximum atomic E-state index is 13.7. The smallest absolute Gasteiger partial charge is 0.141 e. The van der Waals surface area contributed by atoms with E-state index in [0.29, 0.717) is 24.5 Å². The van der Waals surface area contributed by atoms with E-state index in [-0.39, 0.29) is 16.9 Å². The minimum Gasteiger partial charge on any atom is -0.390 e. The largest absolute Gasteiger partial charge is 0.390 e. The molecule has 0 spiro atoms. The third-order valence-corrected chi connectivity index (χ3v) is 7.89. The lowest BCUT2D eigenvalue weighted by molar-refractivity contribution is -0.198. The summed E-state index contributed by atoms with van der Waals surface area (Å²) in [7, 11) is 0. The Labute approximate surface area is 159 Å². The lowest BCUT2D eigenvalue weighted by atomic mass is 9.42. The van der Waals surface area contributed by atoms with Crippen molar-refractivity contribution < 1.29 is 9.90 Å². The molecule has 4 aliphatic carbocycles. The molecular formula is C23H26N2O2. The molecule has 5 atom stereocenters. The number of fused-ring (bicyclic) bond motifs is 3. The van der Waals surface area contributed by atoms with Crippen molar-refractivity contribution in [3.8, 4) is 11.3 Å². The van der Waals surface area contributed by atoms with Gasteiger partial charge < -0.3 is 9.67 Å². The highest BCUT2D eigenvalue weighted by Crippen LogP contribution is 2.67. The van der Waals surface area contributed by atoms with E-state index in [2.05, 4.69) is 40.7 Å². The van der Waals surface area contributed by atoms with Gasteiger partial charge in [0.1, 0.15) is 5.78 Å². The third-order valence-electron chi connectivity index (χ3n) is 7.89. The van der Waals surface area contributed by atoms with Gasteiger partial charge in [0.25, 0.3) is 0 Å². The van der Waals surface area contributed by atoms with Crippen LogP contribution in [0.25, 0.3) is 11.3 Å². The van der Waals surface area contributed by atoms with Crippen molar-refractivity contribution in [2.45, 2.75) is 63.5 Å². The fraction of sp³-hybridized carbons (Fsp3) is 0.565. The van der Waals surface area contributed by atoms with E-state index in [4.69, 9.17) is 0 Å². The zero-order chi connectivity index (χ0) is 18.4. The molecule has 1 aliphatic heterocycles. The normalized spacial score (nSPS) is 40.8. The maximum Gasteiger partial charge on any atom is 0.141 e. The molecule has 5 unspecified atom stereocenters. The number of nitrogens with zero attached hydrogens (tertiary/aromatic N) is 2. The average molecular weight is 362 g/mol. The number of aromatic nitrogens is 2. The van der Waals surface area contributed by atoms with Crippen LogP contribution in [0.2, 0.25) is 0 Å². The summed E-state index contributed by atoms with van der Waals surface area (Å²) in [4.78, 5) is 18.1. The van der Waals surface area contributed by atoms with E-state index in [1.165, 1.54) is 17.5 Å². The van der Waals surface area contributed by atoms with Crippen molar-refractivity contribution in [3.05, 3.63) is 42.4 Å². The van der Waals surface area contributed by atoms with Gasteiger partial charge in [-0.1, -0.05) is 31.2 Å². The highest BCUT2D eigenvalue weighted by Gasteiger charge is 2.63. The number of carbonyl (C=O) groups excluding carboxylic acids is 1. The summed E-state index contributed by atoms with van der Waals surface area (Å²) in [5.74, 6) is 0.873. The molecule has 0 radical (unpaired) electrons. The fourth-order valence-electron chi connectivity index (χ4n) is 7.71. The molecule has 140 valence electrons. The van der Waals surface area contributed by atoms with E-state index in [1.807, 2.05) is 12.5 Å². The summed E-state index contributed by atoms with van der Waals surface area (Å²) in [6.07, 6.45) is 9.86. The quantitative estimate of drug-likeness (QED) is 0.893. The third kappa shape index (κ3) is 2.13. The number of rotatable bonds is 3. The van der Waals surface area contributed by atoms with Gasteiger partial charge in [0, 0.05) is 17.4 Å². The summed E-state index contributed by atoms with van der Waals surface area (Å²) in [5, 5.41) is 11.2. The zero-order valence-electron chi connectivity index (χ0n) is 15.8. The fourth-order valence-corrected chi connectivity index (χ4v) is 7.71. The van der Waals surface area contributed by atoms with Gasteiger partial charge in [-0.3, -0.25) is 4.79 Å². The Balaban J connectivity index is 1.36. The van der Waals surface area contributed by atoms with Gasteiger partial charge in [0.05, 0.1) is 29.9 Å². The first-order chi connectivity index (χ1) is 12.9. The number of carbonyl (C=O) groups is 1. The second kappa shape index (κ2) is 4.91. The molecule has 4 saturated carbocycles. The number of ketones is 1. The van der Waals surface area contributed by atoms with Crippen molar-refractivity contribution in [3.63, 3.8) is 0 Å². The number of hydrogen-bond donors (Lipinski definition) is 1. The maximum absolute atomic E-state index is 13.7. The van der Waals surface area contributed by atoms with Crippen LogP contribution in [0.1, 0.15) is 63.5 Å². The molecule has 1 aromatic carbocycles. The Hall–Kier alpha value is -1.94. The van der Waals surface area contributed by atoms with Crippen molar-refractivity contribution in [2.75, 3.05) is 0 Å². The van der Waals surface area contributed by atoms with Crippen LogP contribution in [0.5, 0.6) is 0 Å². The molecule has 1 aromatic heterocycles. The SMILES string of the molecule is CC12CC3CC(O)(C1)CC(C(=O)CC1c4ccccc4-c4cncn41)(C3)C2. The molecule has 5 aliphatic rings. The highest BCUT2D eigenvalue weighted by atomic mass is 16.3. The van der Waals surface area contributed by atoms with Gasteiger partial charge in [-0.2, -0.15) is 0 Å². The van der Waals surface area contributed by atoms with Crippen LogP contribution >= 0.6 is 0 Å². The van der Waals surface area contributed by atoms with Crippen LogP contribution in [-0.4, -0.2) is 26.0 Å². The van der Waals surface area contributed by atoms with Gasteiger partial charge in [-0.25, -0.2) is 4.98 Å². The van der Waals surface area contributed by atoms with Crippen LogP contribution in [0, 0.1) is 16.7 Å². The monoisotopic (exact) mass is 362 g/mol. The van der Waals surface area contributed by atoms with Gasteiger partial charge in [-0.15, -0.1) is 0 Å². The molecule has 4 nitrogen and oxygen atoms in total. The van der Waals surface area contributed by atoms with Crippen molar-refractivity contribution in [1.82, 2.24) is 9.55 Å². The van der Waals surface area contributed by atoms with Gasteiger partial charge in [-0.05, 0) is 55.4 Å². The summed E-state index contributed by atoms with van der Waals surface area (Å²) in [5.41, 5.74) is 2.75. The summed E-state index contributed by atoms with van der Waals surface area (Å²) in [6.45, 7) is 2.29. The first-order valence-corrected chi connectivity index (χ1v) is 10.3. The number of benzene rings is 1. The van der Waals surface area contributed by atoms with Crippen molar-refractivity contribution >= 4 is 5.78 Å². The predicted molar refractivity (Wildman–Crippen MR) is 102 cm³/mol. The molecule has 4 heteroatoms. The van der Waals surface area contributed by atoms with E-state index >= 15 is 0 Å². The summed E-state index contributed by atoms with van der Waals surface area (Å²) >= 11 is 0. The molecule has 0 saturated heterocycles. The van der Waals surface area contributed by atoms with Crippen LogP contribution in [0.15, 0.2) is 36.8 Å². The molecule has 7 rings (SSSR count). The first kappa shape index (κ1) is 16.1. The lowest BCUT2D eigenvalue weighted by Gasteiger charge is -2.63.